The molecule has 2 N–H and O–H groups in total. The summed E-state index contributed by atoms with van der Waals surface area (Å²) in [6.45, 7) is 1.57. The van der Waals surface area contributed by atoms with E-state index in [4.69, 9.17) is 5.11 Å². The van der Waals surface area contributed by atoms with E-state index in [0.29, 0.717) is 0 Å². The lowest BCUT2D eigenvalue weighted by molar-refractivity contribution is 0.0328. The van der Waals surface area contributed by atoms with Crippen LogP contribution >= 0.6 is 11.3 Å². The Kier molecular flexibility index (Phi) is 2.43. The first-order chi connectivity index (χ1) is 4.72. The van der Waals surface area contributed by atoms with Crippen LogP contribution in [0.25, 0.3) is 0 Å². The molecule has 0 aliphatic rings. The minimum Gasteiger partial charge on any atom is -0.390 e. The van der Waals surface area contributed by atoms with Crippen molar-refractivity contribution in [2.75, 3.05) is 0 Å². The second-order valence-electron chi connectivity index (χ2n) is 2.20. The molecule has 3 heteroatoms. The number of thiophene rings is 1. The third kappa shape index (κ3) is 1.56. The average Bonchev–Trinajstić information content (AvgIpc) is 2.36. The fraction of sp³-hybridized carbons (Fsp3) is 0.429. The highest BCUT2D eigenvalue weighted by Crippen LogP contribution is 2.21. The lowest BCUT2D eigenvalue weighted by atomic mass is 10.2. The zero-order chi connectivity index (χ0) is 7.56. The molecular weight excluding hydrogens is 148 g/mol. The molecule has 1 heterocycles. The van der Waals surface area contributed by atoms with Crippen LogP contribution in [0.3, 0.4) is 0 Å². The third-order valence-corrected chi connectivity index (χ3v) is 2.23. The van der Waals surface area contributed by atoms with Gasteiger partial charge in [-0.25, -0.2) is 0 Å². The van der Waals surface area contributed by atoms with E-state index in [0.717, 1.165) is 4.88 Å². The van der Waals surface area contributed by atoms with E-state index in [2.05, 4.69) is 0 Å². The van der Waals surface area contributed by atoms with Crippen molar-refractivity contribution in [3.05, 3.63) is 22.4 Å². The lowest BCUT2D eigenvalue weighted by Crippen LogP contribution is -2.11. The Morgan fingerprint density at radius 2 is 2.20 bits per heavy atom. The van der Waals surface area contributed by atoms with Gasteiger partial charge in [-0.2, -0.15) is 0 Å². The van der Waals surface area contributed by atoms with E-state index < -0.39 is 12.2 Å². The van der Waals surface area contributed by atoms with E-state index >= 15 is 0 Å². The van der Waals surface area contributed by atoms with Gasteiger partial charge in [0.25, 0.3) is 0 Å². The van der Waals surface area contributed by atoms with Gasteiger partial charge in [-0.3, -0.25) is 0 Å². The molecule has 2 atom stereocenters. The quantitative estimate of drug-likeness (QED) is 0.678. The summed E-state index contributed by atoms with van der Waals surface area (Å²) in [7, 11) is 0. The number of hydrogen-bond acceptors (Lipinski definition) is 3. The highest BCUT2D eigenvalue weighted by atomic mass is 32.1. The standard InChI is InChI=1S/C7H10O2S/c1-5(8)7(9)6-3-2-4-10-6/h2-5,7-9H,1H3/t5-,7?/m1/s1. The van der Waals surface area contributed by atoms with Gasteiger partial charge in [-0.1, -0.05) is 6.07 Å². The van der Waals surface area contributed by atoms with Crippen molar-refractivity contribution < 1.29 is 10.2 Å². The average molecular weight is 158 g/mol. The number of aliphatic hydroxyl groups is 2. The van der Waals surface area contributed by atoms with Gasteiger partial charge in [0, 0.05) is 4.88 Å². The van der Waals surface area contributed by atoms with E-state index in [1.165, 1.54) is 11.3 Å². The van der Waals surface area contributed by atoms with E-state index in [1.807, 2.05) is 17.5 Å². The monoisotopic (exact) mass is 158 g/mol. The van der Waals surface area contributed by atoms with Crippen LogP contribution < -0.4 is 0 Å². The smallest absolute Gasteiger partial charge is 0.114 e. The molecule has 0 saturated heterocycles. The summed E-state index contributed by atoms with van der Waals surface area (Å²) >= 11 is 1.45. The molecule has 0 bridgehead atoms. The summed E-state index contributed by atoms with van der Waals surface area (Å²) in [5.41, 5.74) is 0. The van der Waals surface area contributed by atoms with Crippen molar-refractivity contribution >= 4 is 11.3 Å². The normalized spacial score (nSPS) is 16.7. The van der Waals surface area contributed by atoms with Gasteiger partial charge in [0.2, 0.25) is 0 Å². The molecule has 1 rings (SSSR count). The van der Waals surface area contributed by atoms with Crippen LogP contribution in [0.4, 0.5) is 0 Å². The second kappa shape index (κ2) is 3.14. The van der Waals surface area contributed by atoms with Crippen LogP contribution in [0.5, 0.6) is 0 Å². The first-order valence-corrected chi connectivity index (χ1v) is 3.99. The largest absolute Gasteiger partial charge is 0.390 e. The van der Waals surface area contributed by atoms with Gasteiger partial charge in [-0.15, -0.1) is 11.3 Å². The van der Waals surface area contributed by atoms with Crippen molar-refractivity contribution in [3.8, 4) is 0 Å². The van der Waals surface area contributed by atoms with Gasteiger partial charge in [-0.05, 0) is 18.4 Å². The zero-order valence-electron chi connectivity index (χ0n) is 5.69. The minimum atomic E-state index is -0.722. The Morgan fingerprint density at radius 1 is 1.50 bits per heavy atom. The molecule has 10 heavy (non-hydrogen) atoms. The van der Waals surface area contributed by atoms with Gasteiger partial charge in [0.05, 0.1) is 6.10 Å². The third-order valence-electron chi connectivity index (χ3n) is 1.29. The van der Waals surface area contributed by atoms with Crippen molar-refractivity contribution in [1.29, 1.82) is 0 Å². The molecule has 0 spiro atoms. The fourth-order valence-corrected chi connectivity index (χ4v) is 1.51. The maximum atomic E-state index is 9.25. The number of aliphatic hydroxyl groups excluding tert-OH is 2. The van der Waals surface area contributed by atoms with Gasteiger partial charge < -0.3 is 10.2 Å². The molecule has 0 amide bonds. The first-order valence-electron chi connectivity index (χ1n) is 3.11. The highest BCUT2D eigenvalue weighted by Gasteiger charge is 2.13. The molecule has 1 aromatic rings. The number of hydrogen-bond donors (Lipinski definition) is 2. The summed E-state index contributed by atoms with van der Waals surface area (Å²) < 4.78 is 0. The molecule has 0 radical (unpaired) electrons. The molecular formula is C7H10O2S. The maximum Gasteiger partial charge on any atom is 0.114 e. The van der Waals surface area contributed by atoms with Crippen LogP contribution in [0, 0.1) is 0 Å². The Bertz CT molecular complexity index is 181. The van der Waals surface area contributed by atoms with Gasteiger partial charge in [0.1, 0.15) is 6.10 Å². The molecule has 0 aromatic carbocycles. The van der Waals surface area contributed by atoms with Crippen LogP contribution in [-0.4, -0.2) is 16.3 Å². The molecule has 2 nitrogen and oxygen atoms in total. The Labute approximate surface area is 63.8 Å². The molecule has 0 fully saturated rings. The van der Waals surface area contributed by atoms with Crippen molar-refractivity contribution in [2.45, 2.75) is 19.1 Å². The van der Waals surface area contributed by atoms with Gasteiger partial charge in [0.15, 0.2) is 0 Å². The van der Waals surface area contributed by atoms with Crippen LogP contribution in [-0.2, 0) is 0 Å². The van der Waals surface area contributed by atoms with E-state index in [-0.39, 0.29) is 0 Å². The summed E-state index contributed by atoms with van der Waals surface area (Å²) in [6, 6.07) is 3.66. The summed E-state index contributed by atoms with van der Waals surface area (Å²) in [6.07, 6.45) is -1.40. The summed E-state index contributed by atoms with van der Waals surface area (Å²) in [5, 5.41) is 20.1. The SMILES string of the molecule is C[C@@H](O)C(O)c1cccs1. The van der Waals surface area contributed by atoms with Crippen LogP contribution in [0.1, 0.15) is 17.9 Å². The predicted molar refractivity (Wildman–Crippen MR) is 41.0 cm³/mol. The van der Waals surface area contributed by atoms with E-state index in [1.54, 1.807) is 6.92 Å². The van der Waals surface area contributed by atoms with E-state index in [9.17, 15) is 5.11 Å². The van der Waals surface area contributed by atoms with Crippen molar-refractivity contribution in [1.82, 2.24) is 0 Å². The molecule has 0 aliphatic carbocycles. The molecule has 56 valence electrons. The molecule has 1 aromatic heterocycles. The van der Waals surface area contributed by atoms with Gasteiger partial charge >= 0.3 is 0 Å². The summed E-state index contributed by atoms with van der Waals surface area (Å²) in [4.78, 5) is 0.815. The maximum absolute atomic E-state index is 9.25. The minimum absolute atomic E-state index is 0.682. The van der Waals surface area contributed by atoms with Crippen LogP contribution in [0.15, 0.2) is 17.5 Å². The molecule has 0 saturated carbocycles. The molecule has 0 aliphatic heterocycles. The van der Waals surface area contributed by atoms with Crippen LogP contribution in [0.2, 0.25) is 0 Å². The fourth-order valence-electron chi connectivity index (χ4n) is 0.697. The lowest BCUT2D eigenvalue weighted by Gasteiger charge is -2.10. The Hall–Kier alpha value is -0.380. The zero-order valence-corrected chi connectivity index (χ0v) is 6.51. The predicted octanol–water partition coefficient (Wildman–Crippen LogP) is 1.16. The Morgan fingerprint density at radius 3 is 2.60 bits per heavy atom. The first kappa shape index (κ1) is 7.72. The summed E-state index contributed by atoms with van der Waals surface area (Å²) in [5.74, 6) is 0. The molecule has 1 unspecified atom stereocenters. The van der Waals surface area contributed by atoms with Crippen molar-refractivity contribution in [3.63, 3.8) is 0 Å². The number of rotatable bonds is 2. The second-order valence-corrected chi connectivity index (χ2v) is 3.18. The topological polar surface area (TPSA) is 40.5 Å². The Balaban J connectivity index is 2.68. The van der Waals surface area contributed by atoms with Crippen molar-refractivity contribution in [2.24, 2.45) is 0 Å². The highest BCUT2D eigenvalue weighted by molar-refractivity contribution is 7.10.